The van der Waals surface area contributed by atoms with Crippen molar-refractivity contribution in [1.29, 1.82) is 0 Å². The average molecular weight is 418 g/mol. The van der Waals surface area contributed by atoms with Crippen LogP contribution in [0.1, 0.15) is 41.5 Å². The van der Waals surface area contributed by atoms with Crippen LogP contribution in [0.15, 0.2) is 53.4 Å². The van der Waals surface area contributed by atoms with Gasteiger partial charge in [0.15, 0.2) is 0 Å². The van der Waals surface area contributed by atoms with E-state index in [1.807, 2.05) is 33.9 Å². The molecule has 0 bridgehead atoms. The third-order valence-corrected chi connectivity index (χ3v) is 10.1. The maximum atomic E-state index is 12.8. The minimum atomic E-state index is -2.30. The lowest BCUT2D eigenvalue weighted by Gasteiger charge is -2.35. The van der Waals surface area contributed by atoms with E-state index in [0.717, 1.165) is 11.8 Å². The number of nitrogens with zero attached hydrogens (tertiary/aromatic N) is 1. The summed E-state index contributed by atoms with van der Waals surface area (Å²) in [5, 5.41) is 10.3. The lowest BCUT2D eigenvalue weighted by molar-refractivity contribution is -0.384. The topological polar surface area (TPSA) is 86.5 Å². The van der Waals surface area contributed by atoms with Gasteiger partial charge in [-0.3, -0.25) is 14.9 Å². The fraction of sp³-hybridized carbons (Fsp3) is 0.300. The van der Waals surface area contributed by atoms with Gasteiger partial charge in [0.25, 0.3) is 14.0 Å². The van der Waals surface area contributed by atoms with Crippen LogP contribution in [0.3, 0.4) is 0 Å². The van der Waals surface area contributed by atoms with Crippen LogP contribution in [0, 0.1) is 10.1 Å². The summed E-state index contributed by atoms with van der Waals surface area (Å²) >= 11 is 0.905. The number of nitro benzene ring substituents is 1. The van der Waals surface area contributed by atoms with Crippen molar-refractivity contribution in [2.75, 3.05) is 0 Å². The van der Waals surface area contributed by atoms with Crippen molar-refractivity contribution in [3.05, 3.63) is 69.8 Å². The standard InChI is InChI=1S/C20H23NO5SSi/c1-20(2,3)28(4,5)26-18(22)16-8-6-7-9-17(16)27-19(23)14-10-12-15(13-11-14)21(24)25/h6-13H,1-5H3. The Morgan fingerprint density at radius 2 is 1.61 bits per heavy atom. The summed E-state index contributed by atoms with van der Waals surface area (Å²) < 4.78 is 5.86. The highest BCUT2D eigenvalue weighted by Crippen LogP contribution is 2.38. The first-order chi connectivity index (χ1) is 12.9. The smallest absolute Gasteiger partial charge is 0.325 e. The van der Waals surface area contributed by atoms with Crippen molar-refractivity contribution in [3.63, 3.8) is 0 Å². The Labute approximate surface area is 169 Å². The predicted octanol–water partition coefficient (Wildman–Crippen LogP) is 5.69. The lowest BCUT2D eigenvalue weighted by atomic mass is 10.2. The van der Waals surface area contributed by atoms with Gasteiger partial charge in [-0.25, -0.2) is 4.79 Å². The lowest BCUT2D eigenvalue weighted by Crippen LogP contribution is -2.42. The van der Waals surface area contributed by atoms with Crippen LogP contribution < -0.4 is 0 Å². The van der Waals surface area contributed by atoms with Crippen LogP contribution in [0.4, 0.5) is 5.69 Å². The molecule has 0 fully saturated rings. The Hall–Kier alpha value is -2.45. The summed E-state index contributed by atoms with van der Waals surface area (Å²) in [7, 11) is -2.30. The molecule has 8 heteroatoms. The maximum Gasteiger partial charge on any atom is 0.325 e. The zero-order valence-electron chi connectivity index (χ0n) is 16.5. The van der Waals surface area contributed by atoms with E-state index in [0.29, 0.717) is 16.0 Å². The van der Waals surface area contributed by atoms with Crippen LogP contribution in [0.5, 0.6) is 0 Å². The quantitative estimate of drug-likeness (QED) is 0.269. The van der Waals surface area contributed by atoms with E-state index < -0.39 is 19.2 Å². The zero-order chi connectivity index (χ0) is 21.1. The monoisotopic (exact) mass is 417 g/mol. The van der Waals surface area contributed by atoms with Crippen molar-refractivity contribution in [2.45, 2.75) is 43.8 Å². The first kappa shape index (κ1) is 21.8. The van der Waals surface area contributed by atoms with E-state index in [1.54, 1.807) is 24.3 Å². The number of hydrogen-bond donors (Lipinski definition) is 0. The summed E-state index contributed by atoms with van der Waals surface area (Å²) in [6.45, 7) is 10.1. The van der Waals surface area contributed by atoms with E-state index in [1.165, 1.54) is 24.3 Å². The minimum absolute atomic E-state index is 0.0834. The van der Waals surface area contributed by atoms with E-state index in [9.17, 15) is 19.7 Å². The number of rotatable bonds is 5. The molecule has 0 N–H and O–H groups in total. The van der Waals surface area contributed by atoms with Crippen molar-refractivity contribution >= 4 is 36.9 Å². The first-order valence-corrected chi connectivity index (χ1v) is 12.4. The number of carbonyl (C=O) groups excluding carboxylic acids is 2. The van der Waals surface area contributed by atoms with Gasteiger partial charge in [-0.15, -0.1) is 0 Å². The van der Waals surface area contributed by atoms with Crippen molar-refractivity contribution in [2.24, 2.45) is 0 Å². The molecule has 0 aliphatic carbocycles. The Morgan fingerprint density at radius 1 is 1.04 bits per heavy atom. The molecule has 2 aromatic rings. The molecule has 0 heterocycles. The number of carbonyl (C=O) groups is 2. The van der Waals surface area contributed by atoms with Crippen molar-refractivity contribution in [1.82, 2.24) is 0 Å². The van der Waals surface area contributed by atoms with Gasteiger partial charge in [0.1, 0.15) is 0 Å². The maximum absolute atomic E-state index is 12.8. The zero-order valence-corrected chi connectivity index (χ0v) is 18.3. The molecule has 0 unspecified atom stereocenters. The Balaban J connectivity index is 2.23. The summed E-state index contributed by atoms with van der Waals surface area (Å²) in [5.74, 6) is -0.439. The van der Waals surface area contributed by atoms with Gasteiger partial charge in [0.05, 0.1) is 10.5 Å². The van der Waals surface area contributed by atoms with E-state index in [2.05, 4.69) is 0 Å². The number of non-ortho nitro benzene ring substituents is 1. The Bertz CT molecular complexity index is 904. The number of thioether (sulfide) groups is 1. The summed E-state index contributed by atoms with van der Waals surface area (Å²) in [6, 6.07) is 12.2. The van der Waals surface area contributed by atoms with Gasteiger partial charge in [0.2, 0.25) is 5.12 Å². The van der Waals surface area contributed by atoms with Gasteiger partial charge in [-0.2, -0.15) is 0 Å². The van der Waals surface area contributed by atoms with Crippen molar-refractivity contribution < 1.29 is 18.9 Å². The van der Waals surface area contributed by atoms with Crippen LogP contribution >= 0.6 is 11.8 Å². The highest BCUT2D eigenvalue weighted by Gasteiger charge is 2.40. The van der Waals surface area contributed by atoms with E-state index >= 15 is 0 Å². The first-order valence-electron chi connectivity index (χ1n) is 8.71. The molecule has 2 aromatic carbocycles. The second-order valence-electron chi connectivity index (χ2n) is 7.84. The molecule has 28 heavy (non-hydrogen) atoms. The number of benzene rings is 2. The number of nitro groups is 1. The molecular formula is C20H23NO5SSi. The summed E-state index contributed by atoms with van der Waals surface area (Å²) in [5.41, 5.74) is 0.579. The molecule has 2 rings (SSSR count). The number of hydrogen-bond acceptors (Lipinski definition) is 6. The second-order valence-corrected chi connectivity index (χ2v) is 13.6. The highest BCUT2D eigenvalue weighted by atomic mass is 32.2. The van der Waals surface area contributed by atoms with Crippen LogP contribution in [0.25, 0.3) is 0 Å². The molecule has 148 valence electrons. The molecule has 0 aliphatic rings. The molecule has 0 radical (unpaired) electrons. The van der Waals surface area contributed by atoms with Crippen molar-refractivity contribution in [3.8, 4) is 0 Å². The molecule has 6 nitrogen and oxygen atoms in total. The molecule has 0 atom stereocenters. The molecule has 0 saturated carbocycles. The van der Waals surface area contributed by atoms with Crippen LogP contribution in [-0.2, 0) is 4.43 Å². The van der Waals surface area contributed by atoms with Crippen LogP contribution in [-0.4, -0.2) is 24.3 Å². The Morgan fingerprint density at radius 3 is 2.14 bits per heavy atom. The molecule has 0 spiro atoms. The Kier molecular flexibility index (Phi) is 6.46. The third-order valence-electron chi connectivity index (χ3n) is 4.78. The van der Waals surface area contributed by atoms with E-state index in [-0.39, 0.29) is 15.8 Å². The molecule has 0 saturated heterocycles. The average Bonchev–Trinajstić information content (AvgIpc) is 2.60. The van der Waals surface area contributed by atoms with Gasteiger partial charge >= 0.3 is 5.97 Å². The molecule has 0 aliphatic heterocycles. The molecule has 0 aromatic heterocycles. The fourth-order valence-electron chi connectivity index (χ4n) is 2.04. The third kappa shape index (κ3) is 5.08. The second kappa shape index (κ2) is 8.28. The van der Waals surface area contributed by atoms with E-state index in [4.69, 9.17) is 4.43 Å². The predicted molar refractivity (Wildman–Crippen MR) is 112 cm³/mol. The van der Waals surface area contributed by atoms with Gasteiger partial charge in [0, 0.05) is 22.6 Å². The molecule has 0 amide bonds. The summed E-state index contributed by atoms with van der Waals surface area (Å²) in [4.78, 5) is 36.1. The van der Waals surface area contributed by atoms with Gasteiger partial charge in [-0.05, 0) is 54.2 Å². The molecular weight excluding hydrogens is 394 g/mol. The summed E-state index contributed by atoms with van der Waals surface area (Å²) in [6.07, 6.45) is 0. The SMILES string of the molecule is CC(C)(C)[Si](C)(C)OC(=O)c1ccccc1SC(=O)c1ccc([N+](=O)[O-])cc1. The minimum Gasteiger partial charge on any atom is -0.516 e. The fourth-order valence-corrected chi connectivity index (χ4v) is 3.78. The largest absolute Gasteiger partial charge is 0.516 e. The van der Waals surface area contributed by atoms with Crippen LogP contribution in [0.2, 0.25) is 18.1 Å². The van der Waals surface area contributed by atoms with Gasteiger partial charge < -0.3 is 4.43 Å². The normalized spacial score (nSPS) is 11.8. The van der Waals surface area contributed by atoms with Gasteiger partial charge in [-0.1, -0.05) is 32.9 Å². The highest BCUT2D eigenvalue weighted by molar-refractivity contribution is 8.14.